The minimum atomic E-state index is -2.15. The Morgan fingerprint density at radius 3 is 1.42 bits per heavy atom. The minimum absolute atomic E-state index is 0.0460. The number of rotatable bonds is 40. The molecule has 9 heteroatoms. The van der Waals surface area contributed by atoms with Crippen molar-refractivity contribution in [3.8, 4) is 23.0 Å². The fraction of sp³-hybridized carbons (Fsp3) is 0.800. The van der Waals surface area contributed by atoms with Gasteiger partial charge in [0.25, 0.3) is 0 Å². The lowest BCUT2D eigenvalue weighted by atomic mass is 9.61. The number of Topliss-reactive ketones (excluding diaryl/α,β-unsaturated/α-hetero) is 2. The molecular formula is C75H126O9. The highest BCUT2D eigenvalue weighted by Crippen LogP contribution is 2.58. The van der Waals surface area contributed by atoms with Crippen LogP contribution in [0.25, 0.3) is 0 Å². The van der Waals surface area contributed by atoms with Gasteiger partial charge in [0.15, 0.2) is 11.4 Å². The first-order valence-corrected chi connectivity index (χ1v) is 34.7. The van der Waals surface area contributed by atoms with Crippen LogP contribution in [0.4, 0.5) is 4.79 Å². The van der Waals surface area contributed by atoms with E-state index in [1.165, 1.54) is 57.8 Å². The number of phenolic OH excluding ortho intramolecular Hbond substituents is 2. The van der Waals surface area contributed by atoms with Gasteiger partial charge in [-0.25, -0.2) is 4.79 Å². The van der Waals surface area contributed by atoms with Crippen molar-refractivity contribution >= 4 is 17.7 Å². The lowest BCUT2D eigenvalue weighted by molar-refractivity contribution is -0.193. The molecule has 2 aliphatic heterocycles. The van der Waals surface area contributed by atoms with Crippen molar-refractivity contribution in [2.75, 3.05) is 0 Å². The van der Waals surface area contributed by atoms with Gasteiger partial charge in [-0.2, -0.15) is 0 Å². The van der Waals surface area contributed by atoms with E-state index in [1.54, 1.807) is 6.92 Å². The molecule has 0 bridgehead atoms. The topological polar surface area (TPSA) is 129 Å². The quantitative estimate of drug-likeness (QED) is 0.0495. The fourth-order valence-corrected chi connectivity index (χ4v) is 14.3. The molecule has 0 amide bonds. The van der Waals surface area contributed by atoms with Crippen LogP contribution in [0.2, 0.25) is 0 Å². The monoisotopic (exact) mass is 1170 g/mol. The first-order chi connectivity index (χ1) is 39.7. The molecule has 9 nitrogen and oxygen atoms in total. The maximum absolute atomic E-state index is 16.2. The molecule has 0 spiro atoms. The molecule has 0 saturated carbocycles. The average Bonchev–Trinajstić information content (AvgIpc) is 1.46. The van der Waals surface area contributed by atoms with Gasteiger partial charge < -0.3 is 29.2 Å². The molecule has 84 heavy (non-hydrogen) atoms. The summed E-state index contributed by atoms with van der Waals surface area (Å²) in [5.41, 5.74) is 0.668. The van der Waals surface area contributed by atoms with E-state index in [0.717, 1.165) is 124 Å². The Hall–Kier alpha value is -3.75. The van der Waals surface area contributed by atoms with Crippen LogP contribution >= 0.6 is 0 Å². The van der Waals surface area contributed by atoms with Crippen molar-refractivity contribution in [1.82, 2.24) is 0 Å². The third-order valence-electron chi connectivity index (χ3n) is 20.5. The number of carbonyl (C=O) groups is 3. The second kappa shape index (κ2) is 34.7. The third-order valence-corrected chi connectivity index (χ3v) is 20.5. The van der Waals surface area contributed by atoms with E-state index in [0.29, 0.717) is 89.2 Å². The zero-order chi connectivity index (χ0) is 62.5. The number of phenols is 2. The lowest BCUT2D eigenvalue weighted by Gasteiger charge is -2.54. The molecule has 2 aromatic rings. The highest BCUT2D eigenvalue weighted by molar-refractivity contribution is 6.02. The molecule has 9 atom stereocenters. The highest BCUT2D eigenvalue weighted by atomic mass is 16.8. The van der Waals surface area contributed by atoms with Gasteiger partial charge in [0.1, 0.15) is 40.5 Å². The van der Waals surface area contributed by atoms with Crippen LogP contribution in [0.3, 0.4) is 0 Å². The van der Waals surface area contributed by atoms with Gasteiger partial charge in [0.05, 0.1) is 5.92 Å². The van der Waals surface area contributed by atoms with E-state index in [-0.39, 0.29) is 42.3 Å². The van der Waals surface area contributed by atoms with Crippen molar-refractivity contribution in [3.63, 3.8) is 0 Å². The van der Waals surface area contributed by atoms with Crippen molar-refractivity contribution in [3.05, 3.63) is 44.5 Å². The Balaban J connectivity index is 1.84. The summed E-state index contributed by atoms with van der Waals surface area (Å²) in [5, 5.41) is 23.4. The summed E-state index contributed by atoms with van der Waals surface area (Å²) in [4.78, 5) is 47.8. The van der Waals surface area contributed by atoms with E-state index in [4.69, 9.17) is 18.9 Å². The lowest BCUT2D eigenvalue weighted by Crippen LogP contribution is -2.69. The van der Waals surface area contributed by atoms with Gasteiger partial charge in [-0.3, -0.25) is 9.59 Å². The number of ether oxygens (including phenoxy) is 4. The Morgan fingerprint density at radius 1 is 0.500 bits per heavy atom. The zero-order valence-electron chi connectivity index (χ0n) is 57.3. The number of hydrogen-bond donors (Lipinski definition) is 2. The van der Waals surface area contributed by atoms with E-state index < -0.39 is 35.0 Å². The summed E-state index contributed by atoms with van der Waals surface area (Å²) in [6.07, 6.45) is 26.7. The number of fused-ring (bicyclic) bond motifs is 2. The first-order valence-electron chi connectivity index (χ1n) is 34.7. The molecule has 0 aromatic heterocycles. The van der Waals surface area contributed by atoms with Crippen molar-refractivity contribution in [1.29, 1.82) is 0 Å². The Labute approximate surface area is 514 Å². The summed E-state index contributed by atoms with van der Waals surface area (Å²) in [5.74, 6) is 3.45. The van der Waals surface area contributed by atoms with Gasteiger partial charge in [-0.1, -0.05) is 210 Å². The van der Waals surface area contributed by atoms with Crippen LogP contribution in [-0.4, -0.2) is 50.8 Å². The van der Waals surface area contributed by atoms with Crippen LogP contribution < -0.4 is 9.47 Å². The number of carbonyl (C=O) groups excluding carboxylic acids is 3. The first kappa shape index (κ1) is 72.7. The maximum Gasteiger partial charge on any atom is 0.509 e. The average molecular weight is 1170 g/mol. The second-order valence-electron chi connectivity index (χ2n) is 29.0. The highest BCUT2D eigenvalue weighted by Gasteiger charge is 2.68. The summed E-state index contributed by atoms with van der Waals surface area (Å²) >= 11 is 0. The van der Waals surface area contributed by atoms with Crippen molar-refractivity contribution in [2.45, 2.75) is 352 Å². The number of ketones is 2. The molecule has 3 unspecified atom stereocenters. The van der Waals surface area contributed by atoms with Gasteiger partial charge >= 0.3 is 6.16 Å². The maximum atomic E-state index is 16.2. The minimum Gasteiger partial charge on any atom is -0.507 e. The largest absolute Gasteiger partial charge is 0.509 e. The van der Waals surface area contributed by atoms with E-state index in [9.17, 15) is 10.2 Å². The van der Waals surface area contributed by atoms with Crippen LogP contribution in [0, 0.1) is 77.0 Å². The number of hydrogen-bond acceptors (Lipinski definition) is 9. The van der Waals surface area contributed by atoms with Gasteiger partial charge in [-0.15, -0.1) is 0 Å². The summed E-state index contributed by atoms with van der Waals surface area (Å²) in [7, 11) is 0. The van der Waals surface area contributed by atoms with Crippen LogP contribution in [0.5, 0.6) is 23.0 Å². The predicted molar refractivity (Wildman–Crippen MR) is 349 cm³/mol. The van der Waals surface area contributed by atoms with Crippen LogP contribution in [0.1, 0.15) is 326 Å². The molecule has 0 radical (unpaired) electrons. The van der Waals surface area contributed by atoms with Crippen molar-refractivity contribution in [2.24, 2.45) is 35.5 Å². The summed E-state index contributed by atoms with van der Waals surface area (Å²) in [6, 6.07) is 0. The molecule has 2 aliphatic rings. The fourth-order valence-electron chi connectivity index (χ4n) is 14.3. The normalized spacial score (nSPS) is 21.8. The van der Waals surface area contributed by atoms with E-state index in [1.807, 2.05) is 48.5 Å². The zero-order valence-corrected chi connectivity index (χ0v) is 57.3. The molecule has 0 saturated heterocycles. The predicted octanol–water partition coefficient (Wildman–Crippen LogP) is 21.6. The molecule has 480 valence electrons. The molecular weight excluding hydrogens is 1040 g/mol. The standard InChI is InChI=1S/C75H126O9/c1-19-21-23-25-27-45-63(76)67-66-61(16)69(79)57(12)59(14)71(66)83-74(18,48-34-44-55(10)42-32-40-53(8)38-30-36-51(5)6)75(67,64(77)46-28-26-24-22-20-2)84-72(80)81-65-49-62-60(15)68(78)56(11)58(13)70(62)82-73(65,17)47-33-43-54(9)41-31-39-52(7)37-29-35-50(3)4/h50-55,65,67,78-79H,19-49H2,1-18H3/t52-,53-,54+,55+,65?,67?,73-,74-,75?/m0/s1. The van der Waals surface area contributed by atoms with E-state index in [2.05, 4.69) is 69.2 Å². The van der Waals surface area contributed by atoms with Crippen LogP contribution in [0.15, 0.2) is 0 Å². The number of benzene rings is 2. The van der Waals surface area contributed by atoms with Crippen molar-refractivity contribution < 1.29 is 43.5 Å². The van der Waals surface area contributed by atoms with Gasteiger partial charge in [0, 0.05) is 30.4 Å². The Kier molecular flexibility index (Phi) is 30.0. The molecule has 4 rings (SSSR count). The molecule has 2 heterocycles. The second-order valence-corrected chi connectivity index (χ2v) is 29.0. The van der Waals surface area contributed by atoms with Gasteiger partial charge in [-0.05, 0) is 163 Å². The summed E-state index contributed by atoms with van der Waals surface area (Å²) < 4.78 is 28.5. The molecule has 0 fully saturated rings. The summed E-state index contributed by atoms with van der Waals surface area (Å²) in [6.45, 7) is 38.3. The third kappa shape index (κ3) is 19.6. The number of aromatic hydroxyl groups is 2. The Morgan fingerprint density at radius 2 is 0.929 bits per heavy atom. The SMILES string of the molecule is CCCCCCCC(=O)C1c2c(C)c(O)c(C)c(C)c2O[C@@](C)(CCC[C@H](C)CCC[C@@H](C)CCCC(C)C)C1(OC(=O)OC1Cc2c(C)c(O)c(C)c(C)c2O[C@@]1(C)CCC[C@H](C)CCC[C@@H](C)CCCC(C)C)C(=O)CCCCCCC. The van der Waals surface area contributed by atoms with Crippen LogP contribution in [-0.2, 0) is 25.5 Å². The molecule has 2 N–H and O–H groups in total. The molecule has 2 aromatic carbocycles. The van der Waals surface area contributed by atoms with E-state index >= 15 is 14.4 Å². The molecule has 0 aliphatic carbocycles. The number of unbranched alkanes of at least 4 members (excludes halogenated alkanes) is 8. The smallest absolute Gasteiger partial charge is 0.507 e. The van der Waals surface area contributed by atoms with Gasteiger partial charge in [0.2, 0.25) is 5.60 Å². The Bertz CT molecular complexity index is 2370.